The van der Waals surface area contributed by atoms with E-state index in [2.05, 4.69) is 199 Å². The molecule has 0 radical (unpaired) electrons. The predicted molar refractivity (Wildman–Crippen MR) is 257 cm³/mol. The largest absolute Gasteiger partial charge is 0.311 e. The number of rotatable bonds is 2. The van der Waals surface area contributed by atoms with Crippen molar-refractivity contribution in [3.63, 3.8) is 0 Å². The fourth-order valence-corrected chi connectivity index (χ4v) is 11.4. The van der Waals surface area contributed by atoms with Gasteiger partial charge in [0.2, 0.25) is 0 Å². The lowest BCUT2D eigenvalue weighted by atomic mass is 9.36. The lowest BCUT2D eigenvalue weighted by Gasteiger charge is -2.46. The Morgan fingerprint density at radius 3 is 1.69 bits per heavy atom. The zero-order chi connectivity index (χ0) is 41.6. The maximum atomic E-state index is 2.66. The van der Waals surface area contributed by atoms with Crippen molar-refractivity contribution in [3.8, 4) is 0 Å². The maximum absolute atomic E-state index is 2.66. The number of aryl methyl sites for hydroxylation is 2. The minimum Gasteiger partial charge on any atom is -0.311 e. The Morgan fingerprint density at radius 2 is 1.09 bits per heavy atom. The number of hydrogen-bond donors (Lipinski definition) is 0. The summed E-state index contributed by atoms with van der Waals surface area (Å²) in [5, 5.41) is 1.35. The third-order valence-electron chi connectivity index (χ3n) is 13.9. The second kappa shape index (κ2) is 12.6. The van der Waals surface area contributed by atoms with Crippen LogP contribution in [0.25, 0.3) is 10.1 Å². The fraction of sp³-hybridized carbons (Fsp3) is 0.407. The van der Waals surface area contributed by atoms with Crippen LogP contribution in [0.1, 0.15) is 142 Å². The Bertz CT molecular complexity index is 2650. The summed E-state index contributed by atoms with van der Waals surface area (Å²) < 4.78 is 2.79. The summed E-state index contributed by atoms with van der Waals surface area (Å²) in [5.74, 6) is 0. The molecule has 0 saturated heterocycles. The molecule has 2 aliphatic heterocycles. The second-order valence-corrected chi connectivity index (χ2v) is 23.5. The van der Waals surface area contributed by atoms with E-state index < -0.39 is 0 Å². The highest BCUT2D eigenvalue weighted by molar-refractivity contribution is 7.33. The average molecular weight is 783 g/mol. The van der Waals surface area contributed by atoms with Crippen molar-refractivity contribution in [3.05, 3.63) is 124 Å². The molecule has 0 bridgehead atoms. The molecule has 0 fully saturated rings. The summed E-state index contributed by atoms with van der Waals surface area (Å²) in [6, 6.07) is 34.3. The van der Waals surface area contributed by atoms with Crippen LogP contribution in [0.15, 0.2) is 84.9 Å². The van der Waals surface area contributed by atoms with Crippen molar-refractivity contribution in [1.29, 1.82) is 0 Å². The van der Waals surface area contributed by atoms with E-state index in [0.717, 1.165) is 0 Å². The summed E-state index contributed by atoms with van der Waals surface area (Å²) in [4.78, 5) is 5.30. The van der Waals surface area contributed by atoms with E-state index in [-0.39, 0.29) is 33.8 Å². The van der Waals surface area contributed by atoms with Crippen molar-refractivity contribution in [1.82, 2.24) is 0 Å². The van der Waals surface area contributed by atoms with Crippen LogP contribution in [0.3, 0.4) is 0 Å². The van der Waals surface area contributed by atoms with Crippen molar-refractivity contribution in [2.75, 3.05) is 9.80 Å². The second-order valence-electron chi connectivity index (χ2n) is 22.4. The van der Waals surface area contributed by atoms with Crippen LogP contribution in [0, 0.1) is 13.8 Å². The summed E-state index contributed by atoms with van der Waals surface area (Å²) in [5.41, 5.74) is 20.7. The monoisotopic (exact) mass is 782 g/mol. The first kappa shape index (κ1) is 39.2. The minimum absolute atomic E-state index is 0.00763. The van der Waals surface area contributed by atoms with Crippen molar-refractivity contribution in [2.24, 2.45) is 0 Å². The molecule has 2 nitrogen and oxygen atoms in total. The zero-order valence-corrected chi connectivity index (χ0v) is 38.7. The molecule has 1 aromatic heterocycles. The molecule has 4 heteroatoms. The van der Waals surface area contributed by atoms with E-state index >= 15 is 0 Å². The highest BCUT2D eigenvalue weighted by Crippen LogP contribution is 2.52. The summed E-state index contributed by atoms with van der Waals surface area (Å²) in [7, 11) is 0. The van der Waals surface area contributed by atoms with Crippen LogP contribution in [0.5, 0.6) is 0 Å². The summed E-state index contributed by atoms with van der Waals surface area (Å²) >= 11 is 2.00. The molecule has 9 rings (SSSR count). The number of fused-ring (bicyclic) bond motifs is 7. The highest BCUT2D eigenvalue weighted by atomic mass is 32.1. The van der Waals surface area contributed by atoms with Crippen LogP contribution in [0.4, 0.5) is 34.1 Å². The van der Waals surface area contributed by atoms with Crippen molar-refractivity contribution < 1.29 is 0 Å². The number of benzene rings is 5. The first-order valence-electron chi connectivity index (χ1n) is 21.7. The fourth-order valence-electron chi connectivity index (χ4n) is 10.1. The molecular formula is C54H63BN2S. The van der Waals surface area contributed by atoms with Gasteiger partial charge in [0, 0.05) is 43.3 Å². The number of anilines is 6. The van der Waals surface area contributed by atoms with Gasteiger partial charge in [0.15, 0.2) is 0 Å². The molecule has 1 aliphatic carbocycles. The van der Waals surface area contributed by atoms with Gasteiger partial charge in [0.05, 0.1) is 5.69 Å². The van der Waals surface area contributed by atoms with E-state index in [4.69, 9.17) is 0 Å². The first-order valence-corrected chi connectivity index (χ1v) is 22.5. The van der Waals surface area contributed by atoms with Gasteiger partial charge in [-0.1, -0.05) is 126 Å². The van der Waals surface area contributed by atoms with Gasteiger partial charge in [-0.25, -0.2) is 0 Å². The van der Waals surface area contributed by atoms with Gasteiger partial charge in [-0.15, -0.1) is 11.3 Å². The van der Waals surface area contributed by atoms with Gasteiger partial charge in [0.25, 0.3) is 6.71 Å². The predicted octanol–water partition coefficient (Wildman–Crippen LogP) is 13.8. The van der Waals surface area contributed by atoms with E-state index in [1.165, 1.54) is 112 Å². The molecule has 3 heterocycles. The third-order valence-corrected chi connectivity index (χ3v) is 15.2. The topological polar surface area (TPSA) is 6.48 Å². The SMILES string of the molecule is Cc1cc2c3c(c1)N(c1ccc(C(C)(C)C)cc1)c1c(sc4ccc(C(C)(C)C)cc14)B3c1cc(C(C)(C)C)ccc1N2c1cc2c(cc1C)C(C)(C)CCC2(C)C. The number of hydrogen-bond acceptors (Lipinski definition) is 3. The standard InChI is InChI=1S/C54H63BN2S/c1-32-26-44-47-45(27-32)57(43-31-40-39(28-33(43)2)53(12,13)24-25-54(40,14)15)42-22-18-36(52(9,10)11)30-41(42)55(47)49-48(38-29-35(51(6,7)8)19-23-46(38)58-49)56(44)37-20-16-34(17-21-37)50(3,4)5/h16-23,26-31H,24-25H2,1-15H3. The molecule has 0 spiro atoms. The number of thiophene rings is 1. The third kappa shape index (κ3) is 6.02. The zero-order valence-electron chi connectivity index (χ0n) is 37.9. The van der Waals surface area contributed by atoms with E-state index in [0.29, 0.717) is 0 Å². The molecule has 0 unspecified atom stereocenters. The maximum Gasteiger partial charge on any atom is 0.264 e. The highest BCUT2D eigenvalue weighted by Gasteiger charge is 2.47. The van der Waals surface area contributed by atoms with Crippen LogP contribution in [0.2, 0.25) is 0 Å². The van der Waals surface area contributed by atoms with Gasteiger partial charge in [0.1, 0.15) is 0 Å². The van der Waals surface area contributed by atoms with Gasteiger partial charge < -0.3 is 9.80 Å². The number of nitrogens with zero attached hydrogens (tertiary/aromatic N) is 2. The molecular weight excluding hydrogens is 719 g/mol. The quantitative estimate of drug-likeness (QED) is 0.161. The van der Waals surface area contributed by atoms with Gasteiger partial charge in [-0.2, -0.15) is 0 Å². The Labute approximate surface area is 353 Å². The molecule has 0 saturated carbocycles. The molecule has 3 aliphatic rings. The lowest BCUT2D eigenvalue weighted by Crippen LogP contribution is -2.60. The smallest absolute Gasteiger partial charge is 0.264 e. The Kier molecular flexibility index (Phi) is 8.53. The molecule has 58 heavy (non-hydrogen) atoms. The molecule has 0 N–H and O–H groups in total. The van der Waals surface area contributed by atoms with Gasteiger partial charge in [-0.3, -0.25) is 0 Å². The molecule has 6 aromatic rings. The normalized spacial score (nSPS) is 16.9. The molecule has 0 amide bonds. The van der Waals surface area contributed by atoms with Crippen molar-refractivity contribution in [2.45, 2.75) is 144 Å². The van der Waals surface area contributed by atoms with Crippen LogP contribution in [-0.2, 0) is 27.1 Å². The van der Waals surface area contributed by atoms with Crippen molar-refractivity contribution >= 4 is 78.0 Å². The molecule has 5 aromatic carbocycles. The molecule has 298 valence electrons. The van der Waals surface area contributed by atoms with Crippen LogP contribution in [-0.4, -0.2) is 6.71 Å². The summed E-state index contributed by atoms with van der Waals surface area (Å²) in [6.45, 7) is 35.6. The van der Waals surface area contributed by atoms with Gasteiger partial charge in [-0.05, 0) is 152 Å². The Hall–Kier alpha value is -4.28. The summed E-state index contributed by atoms with van der Waals surface area (Å²) in [6.07, 6.45) is 2.40. The van der Waals surface area contributed by atoms with E-state index in [1.807, 2.05) is 11.3 Å². The molecule has 0 atom stereocenters. The van der Waals surface area contributed by atoms with Crippen LogP contribution >= 0.6 is 11.3 Å². The van der Waals surface area contributed by atoms with Crippen LogP contribution < -0.4 is 25.5 Å². The van der Waals surface area contributed by atoms with E-state index in [1.54, 1.807) is 0 Å². The lowest BCUT2D eigenvalue weighted by molar-refractivity contribution is 0.332. The first-order chi connectivity index (χ1) is 27.0. The van der Waals surface area contributed by atoms with E-state index in [9.17, 15) is 0 Å². The van der Waals surface area contributed by atoms with Gasteiger partial charge >= 0.3 is 0 Å². The Morgan fingerprint density at radius 1 is 0.552 bits per heavy atom. The Balaban J connectivity index is 1.40. The minimum atomic E-state index is 0.00763. The average Bonchev–Trinajstić information content (AvgIpc) is 3.51.